The van der Waals surface area contributed by atoms with E-state index >= 15 is 0 Å². The van der Waals surface area contributed by atoms with Crippen molar-refractivity contribution in [3.05, 3.63) is 0 Å². The third kappa shape index (κ3) is 9.05. The van der Waals surface area contributed by atoms with E-state index in [1.807, 2.05) is 0 Å². The Hall–Kier alpha value is 0.0569. The number of rotatable bonds is 12. The minimum absolute atomic E-state index is 0. The SMILES string of the molecule is CCCCCCCCCC[Si](OC)(OC)OC.O. The Bertz CT molecular complexity index is 155. The van der Waals surface area contributed by atoms with E-state index in [1.165, 1.54) is 44.9 Å². The van der Waals surface area contributed by atoms with Crippen molar-refractivity contribution in [3.63, 3.8) is 0 Å². The van der Waals surface area contributed by atoms with Gasteiger partial charge < -0.3 is 18.8 Å². The van der Waals surface area contributed by atoms with Gasteiger partial charge in [-0.25, -0.2) is 0 Å². The highest BCUT2D eigenvalue weighted by Crippen LogP contribution is 2.18. The minimum atomic E-state index is -2.30. The number of hydrogen-bond acceptors (Lipinski definition) is 3. The average molecular weight is 280 g/mol. The molecule has 0 rings (SSSR count). The first-order valence-corrected chi connectivity index (χ1v) is 8.83. The molecule has 0 amide bonds. The maximum Gasteiger partial charge on any atom is 0.500 e. The molecule has 5 heteroatoms. The molecule has 0 atom stereocenters. The summed E-state index contributed by atoms with van der Waals surface area (Å²) in [5.41, 5.74) is 0. The smallest absolute Gasteiger partial charge is 0.412 e. The van der Waals surface area contributed by atoms with Crippen LogP contribution in [0.4, 0.5) is 0 Å². The normalized spacial score (nSPS) is 11.3. The Kier molecular flexibility index (Phi) is 15.3. The Morgan fingerprint density at radius 2 is 1.06 bits per heavy atom. The average Bonchev–Trinajstić information content (AvgIpc) is 2.38. The first-order valence-electron chi connectivity index (χ1n) is 6.90. The van der Waals surface area contributed by atoms with Crippen molar-refractivity contribution >= 4 is 8.80 Å². The molecule has 0 aliphatic heterocycles. The van der Waals surface area contributed by atoms with E-state index in [4.69, 9.17) is 13.3 Å². The highest BCUT2D eigenvalue weighted by Gasteiger charge is 2.36. The van der Waals surface area contributed by atoms with Gasteiger partial charge in [0.1, 0.15) is 0 Å². The second-order valence-electron chi connectivity index (χ2n) is 4.52. The van der Waals surface area contributed by atoms with Crippen LogP contribution in [-0.2, 0) is 13.3 Å². The van der Waals surface area contributed by atoms with Crippen molar-refractivity contribution in [2.24, 2.45) is 0 Å². The van der Waals surface area contributed by atoms with Gasteiger partial charge in [0, 0.05) is 27.4 Å². The Balaban J connectivity index is 0. The molecular weight excluding hydrogens is 248 g/mol. The topological polar surface area (TPSA) is 59.2 Å². The summed E-state index contributed by atoms with van der Waals surface area (Å²) < 4.78 is 16.2. The lowest BCUT2D eigenvalue weighted by Crippen LogP contribution is -2.42. The maximum atomic E-state index is 5.39. The highest BCUT2D eigenvalue weighted by atomic mass is 28.4. The summed E-state index contributed by atoms with van der Waals surface area (Å²) >= 11 is 0. The van der Waals surface area contributed by atoms with Gasteiger partial charge in [-0.15, -0.1) is 0 Å². The van der Waals surface area contributed by atoms with Gasteiger partial charge in [-0.2, -0.15) is 0 Å². The summed E-state index contributed by atoms with van der Waals surface area (Å²) in [6.07, 6.45) is 10.6. The Labute approximate surface area is 114 Å². The van der Waals surface area contributed by atoms with Crippen molar-refractivity contribution in [1.82, 2.24) is 0 Å². The van der Waals surface area contributed by atoms with Crippen LogP contribution in [0, 0.1) is 0 Å². The molecule has 0 heterocycles. The number of unbranched alkanes of at least 4 members (excludes halogenated alkanes) is 7. The molecule has 2 N–H and O–H groups in total. The van der Waals surface area contributed by atoms with Crippen LogP contribution < -0.4 is 0 Å². The van der Waals surface area contributed by atoms with Gasteiger partial charge in [-0.05, 0) is 6.42 Å². The molecule has 0 fully saturated rings. The molecule has 0 unspecified atom stereocenters. The Morgan fingerprint density at radius 3 is 1.44 bits per heavy atom. The third-order valence-electron chi connectivity index (χ3n) is 3.27. The van der Waals surface area contributed by atoms with Crippen molar-refractivity contribution in [2.45, 2.75) is 64.3 Å². The molecule has 0 aromatic heterocycles. The summed E-state index contributed by atoms with van der Waals surface area (Å²) in [6, 6.07) is 0.936. The van der Waals surface area contributed by atoms with E-state index in [1.54, 1.807) is 21.3 Å². The first-order chi connectivity index (χ1) is 8.24. The molecule has 0 radical (unpaired) electrons. The van der Waals surface area contributed by atoms with Gasteiger partial charge >= 0.3 is 8.80 Å². The van der Waals surface area contributed by atoms with E-state index in [2.05, 4.69) is 6.92 Å². The number of hydrogen-bond donors (Lipinski definition) is 0. The molecule has 0 spiro atoms. The van der Waals surface area contributed by atoms with Crippen molar-refractivity contribution in [1.29, 1.82) is 0 Å². The quantitative estimate of drug-likeness (QED) is 0.407. The predicted molar refractivity (Wildman–Crippen MR) is 77.8 cm³/mol. The third-order valence-corrected chi connectivity index (χ3v) is 6.10. The molecule has 0 saturated heterocycles. The summed E-state index contributed by atoms with van der Waals surface area (Å²) in [7, 11) is 2.75. The highest BCUT2D eigenvalue weighted by molar-refractivity contribution is 6.60. The van der Waals surface area contributed by atoms with Crippen LogP contribution in [0.5, 0.6) is 0 Å². The van der Waals surface area contributed by atoms with E-state index in [0.717, 1.165) is 12.5 Å². The van der Waals surface area contributed by atoms with E-state index in [-0.39, 0.29) is 5.48 Å². The monoisotopic (exact) mass is 280 g/mol. The molecule has 18 heavy (non-hydrogen) atoms. The zero-order valence-corrected chi connectivity index (χ0v) is 13.6. The standard InChI is InChI=1S/C13H30O3Si.H2O/c1-5-6-7-8-9-10-11-12-13-17(14-2,15-3)16-4;/h5-13H2,1-4H3;1H2. The van der Waals surface area contributed by atoms with Gasteiger partial charge in [0.05, 0.1) is 0 Å². The van der Waals surface area contributed by atoms with Gasteiger partial charge in [-0.3, -0.25) is 0 Å². The lowest BCUT2D eigenvalue weighted by atomic mass is 10.1. The molecule has 0 aromatic carbocycles. The molecule has 0 aromatic rings. The maximum absolute atomic E-state index is 5.39. The van der Waals surface area contributed by atoms with Crippen LogP contribution in [0.1, 0.15) is 58.3 Å². The largest absolute Gasteiger partial charge is 0.500 e. The van der Waals surface area contributed by atoms with Gasteiger partial charge in [-0.1, -0.05) is 51.9 Å². The fraction of sp³-hybridized carbons (Fsp3) is 1.00. The fourth-order valence-electron chi connectivity index (χ4n) is 2.03. The first kappa shape index (κ1) is 20.4. The summed E-state index contributed by atoms with van der Waals surface area (Å²) in [6.45, 7) is 2.25. The lowest BCUT2D eigenvalue weighted by Gasteiger charge is -2.24. The summed E-state index contributed by atoms with van der Waals surface area (Å²) in [5, 5.41) is 0. The lowest BCUT2D eigenvalue weighted by molar-refractivity contribution is 0.122. The zero-order chi connectivity index (χ0) is 13.0. The molecule has 0 bridgehead atoms. The van der Waals surface area contributed by atoms with Crippen molar-refractivity contribution in [3.8, 4) is 0 Å². The van der Waals surface area contributed by atoms with Crippen LogP contribution in [-0.4, -0.2) is 35.6 Å². The molecule has 4 nitrogen and oxygen atoms in total. The molecule has 0 aliphatic carbocycles. The predicted octanol–water partition coefficient (Wildman–Crippen LogP) is 3.18. The van der Waals surface area contributed by atoms with E-state index in [9.17, 15) is 0 Å². The van der Waals surface area contributed by atoms with Crippen molar-refractivity contribution in [2.75, 3.05) is 21.3 Å². The van der Waals surface area contributed by atoms with Gasteiger partial charge in [0.25, 0.3) is 0 Å². The van der Waals surface area contributed by atoms with Crippen molar-refractivity contribution < 1.29 is 18.8 Å². The Morgan fingerprint density at radius 1 is 0.667 bits per heavy atom. The van der Waals surface area contributed by atoms with Crippen LogP contribution in [0.15, 0.2) is 0 Å². The molecule has 112 valence electrons. The van der Waals surface area contributed by atoms with Gasteiger partial charge in [0.2, 0.25) is 0 Å². The van der Waals surface area contributed by atoms with E-state index < -0.39 is 8.80 Å². The fourth-order valence-corrected chi connectivity index (χ4v) is 3.83. The summed E-state index contributed by atoms with van der Waals surface area (Å²) in [4.78, 5) is 0. The minimum Gasteiger partial charge on any atom is -0.412 e. The molecule has 0 aliphatic rings. The van der Waals surface area contributed by atoms with E-state index in [0.29, 0.717) is 0 Å². The summed E-state index contributed by atoms with van der Waals surface area (Å²) in [5.74, 6) is 0. The van der Waals surface area contributed by atoms with Crippen LogP contribution in [0.2, 0.25) is 6.04 Å². The van der Waals surface area contributed by atoms with Crippen LogP contribution in [0.3, 0.4) is 0 Å². The second-order valence-corrected chi connectivity index (χ2v) is 7.61. The second kappa shape index (κ2) is 13.5. The molecule has 0 saturated carbocycles. The molecular formula is C13H32O4Si. The zero-order valence-electron chi connectivity index (χ0n) is 12.6. The van der Waals surface area contributed by atoms with Crippen LogP contribution >= 0.6 is 0 Å². The van der Waals surface area contributed by atoms with Crippen LogP contribution in [0.25, 0.3) is 0 Å². The van der Waals surface area contributed by atoms with Gasteiger partial charge in [0.15, 0.2) is 0 Å².